The Morgan fingerprint density at radius 1 is 1.18 bits per heavy atom. The maximum atomic E-state index is 5.44. The minimum Gasteiger partial charge on any atom is -0.330 e. The average Bonchev–Trinajstić information content (AvgIpc) is 2.06. The number of nitrogens with zero attached hydrogens (tertiary/aromatic N) is 1. The first-order valence-electron chi connectivity index (χ1n) is 3.69. The van der Waals surface area contributed by atoms with Gasteiger partial charge < -0.3 is 11.5 Å². The Kier molecular flexibility index (Phi) is 3.01. The lowest BCUT2D eigenvalue weighted by atomic mass is 10.1. The lowest BCUT2D eigenvalue weighted by Gasteiger charge is -1.99. The summed E-state index contributed by atoms with van der Waals surface area (Å²) in [7, 11) is 0. The van der Waals surface area contributed by atoms with Gasteiger partial charge in [-0.25, -0.2) is 0 Å². The third-order valence-corrected chi connectivity index (χ3v) is 1.52. The number of rotatable bonds is 3. The van der Waals surface area contributed by atoms with Gasteiger partial charge in [0.15, 0.2) is 0 Å². The predicted molar refractivity (Wildman–Crippen MR) is 44.9 cm³/mol. The van der Waals surface area contributed by atoms with Crippen LogP contribution in [-0.2, 0) is 13.0 Å². The zero-order chi connectivity index (χ0) is 8.10. The van der Waals surface area contributed by atoms with Crippen LogP contribution >= 0.6 is 0 Å². The van der Waals surface area contributed by atoms with Crippen LogP contribution in [0.5, 0.6) is 0 Å². The average molecular weight is 151 g/mol. The minimum absolute atomic E-state index is 0.547. The number of nitrogens with two attached hydrogens (primary N) is 2. The van der Waals surface area contributed by atoms with Crippen LogP contribution in [0, 0.1) is 0 Å². The Hall–Kier alpha value is -0.930. The predicted octanol–water partition coefficient (Wildman–Crippen LogP) is 0.0415. The van der Waals surface area contributed by atoms with Crippen LogP contribution in [0.4, 0.5) is 0 Å². The molecule has 1 rings (SSSR count). The van der Waals surface area contributed by atoms with Crippen molar-refractivity contribution in [3.63, 3.8) is 0 Å². The molecule has 0 amide bonds. The van der Waals surface area contributed by atoms with Gasteiger partial charge in [0.05, 0.1) is 0 Å². The topological polar surface area (TPSA) is 64.9 Å². The summed E-state index contributed by atoms with van der Waals surface area (Å²) in [5.41, 5.74) is 13.1. The van der Waals surface area contributed by atoms with Gasteiger partial charge in [-0.15, -0.1) is 0 Å². The van der Waals surface area contributed by atoms with Crippen LogP contribution in [0.1, 0.15) is 11.1 Å². The Morgan fingerprint density at radius 3 is 2.55 bits per heavy atom. The number of hydrogen-bond donors (Lipinski definition) is 2. The van der Waals surface area contributed by atoms with Crippen LogP contribution in [0.3, 0.4) is 0 Å². The summed E-state index contributed by atoms with van der Waals surface area (Å²) >= 11 is 0. The molecule has 4 N–H and O–H groups in total. The zero-order valence-corrected chi connectivity index (χ0v) is 6.46. The van der Waals surface area contributed by atoms with Crippen molar-refractivity contribution >= 4 is 0 Å². The second kappa shape index (κ2) is 4.05. The van der Waals surface area contributed by atoms with Crippen molar-refractivity contribution in [2.75, 3.05) is 6.54 Å². The summed E-state index contributed by atoms with van der Waals surface area (Å²) in [6.45, 7) is 1.21. The molecule has 0 atom stereocenters. The van der Waals surface area contributed by atoms with E-state index in [0.717, 1.165) is 17.5 Å². The molecular weight excluding hydrogens is 138 g/mol. The lowest BCUT2D eigenvalue weighted by Crippen LogP contribution is -2.04. The fourth-order valence-electron chi connectivity index (χ4n) is 0.956. The molecular formula is C8H13N3. The summed E-state index contributed by atoms with van der Waals surface area (Å²) in [5, 5.41) is 0. The molecule has 0 aliphatic carbocycles. The van der Waals surface area contributed by atoms with Crippen LogP contribution in [0.25, 0.3) is 0 Å². The van der Waals surface area contributed by atoms with E-state index < -0.39 is 0 Å². The maximum Gasteiger partial charge on any atom is 0.0312 e. The molecule has 0 radical (unpaired) electrons. The highest BCUT2D eigenvalue weighted by molar-refractivity contribution is 5.17. The fraction of sp³-hybridized carbons (Fsp3) is 0.375. The van der Waals surface area contributed by atoms with E-state index in [0.29, 0.717) is 13.1 Å². The molecule has 0 saturated carbocycles. The molecule has 1 aromatic heterocycles. The van der Waals surface area contributed by atoms with Crippen molar-refractivity contribution in [1.82, 2.24) is 4.98 Å². The van der Waals surface area contributed by atoms with Gasteiger partial charge in [-0.1, -0.05) is 6.07 Å². The van der Waals surface area contributed by atoms with Crippen molar-refractivity contribution in [1.29, 1.82) is 0 Å². The van der Waals surface area contributed by atoms with Crippen molar-refractivity contribution in [2.24, 2.45) is 11.5 Å². The first kappa shape index (κ1) is 8.17. The first-order chi connectivity index (χ1) is 5.36. The van der Waals surface area contributed by atoms with E-state index in [4.69, 9.17) is 11.5 Å². The largest absolute Gasteiger partial charge is 0.330 e. The molecule has 1 heterocycles. The molecule has 0 unspecified atom stereocenters. The normalized spacial score (nSPS) is 10.0. The maximum absolute atomic E-state index is 5.44. The molecule has 3 nitrogen and oxygen atoms in total. The Bertz CT molecular complexity index is 222. The molecule has 0 aliphatic rings. The summed E-state index contributed by atoms with van der Waals surface area (Å²) < 4.78 is 0. The summed E-state index contributed by atoms with van der Waals surface area (Å²) in [6, 6.07) is 2.04. The number of hydrogen-bond acceptors (Lipinski definition) is 3. The summed E-state index contributed by atoms with van der Waals surface area (Å²) in [5.74, 6) is 0. The molecule has 0 bridgehead atoms. The first-order valence-corrected chi connectivity index (χ1v) is 3.69. The third kappa shape index (κ3) is 2.29. The highest BCUT2D eigenvalue weighted by Gasteiger charge is 1.93. The van der Waals surface area contributed by atoms with E-state index in [1.54, 1.807) is 6.20 Å². The van der Waals surface area contributed by atoms with Gasteiger partial charge in [-0.05, 0) is 24.1 Å². The molecule has 0 fully saturated rings. The second-order valence-corrected chi connectivity index (χ2v) is 2.44. The van der Waals surface area contributed by atoms with E-state index in [1.165, 1.54) is 0 Å². The monoisotopic (exact) mass is 151 g/mol. The fourth-order valence-corrected chi connectivity index (χ4v) is 0.956. The summed E-state index contributed by atoms with van der Waals surface area (Å²) in [4.78, 5) is 4.04. The van der Waals surface area contributed by atoms with Gasteiger partial charge in [0.2, 0.25) is 0 Å². The van der Waals surface area contributed by atoms with Crippen LogP contribution in [0.2, 0.25) is 0 Å². The lowest BCUT2D eigenvalue weighted by molar-refractivity contribution is 0.942. The SMILES string of the molecule is NCCc1cncc(CN)c1. The molecule has 0 spiro atoms. The highest BCUT2D eigenvalue weighted by atomic mass is 14.6. The zero-order valence-electron chi connectivity index (χ0n) is 6.46. The van der Waals surface area contributed by atoms with Gasteiger partial charge in [0.1, 0.15) is 0 Å². The molecule has 60 valence electrons. The van der Waals surface area contributed by atoms with E-state index in [9.17, 15) is 0 Å². The van der Waals surface area contributed by atoms with Crippen LogP contribution in [-0.4, -0.2) is 11.5 Å². The van der Waals surface area contributed by atoms with Gasteiger partial charge in [0.25, 0.3) is 0 Å². The second-order valence-electron chi connectivity index (χ2n) is 2.44. The molecule has 11 heavy (non-hydrogen) atoms. The molecule has 3 heteroatoms. The minimum atomic E-state index is 0.547. The molecule has 0 saturated heterocycles. The van der Waals surface area contributed by atoms with Crippen LogP contribution in [0.15, 0.2) is 18.5 Å². The van der Waals surface area contributed by atoms with Gasteiger partial charge in [-0.3, -0.25) is 4.98 Å². The number of pyridine rings is 1. The van der Waals surface area contributed by atoms with Crippen LogP contribution < -0.4 is 11.5 Å². The smallest absolute Gasteiger partial charge is 0.0312 e. The van der Waals surface area contributed by atoms with E-state index in [2.05, 4.69) is 4.98 Å². The number of aromatic nitrogens is 1. The molecule has 0 aromatic carbocycles. The van der Waals surface area contributed by atoms with Crippen molar-refractivity contribution < 1.29 is 0 Å². The third-order valence-electron chi connectivity index (χ3n) is 1.52. The highest BCUT2D eigenvalue weighted by Crippen LogP contribution is 2.01. The summed E-state index contributed by atoms with van der Waals surface area (Å²) in [6.07, 6.45) is 4.48. The van der Waals surface area contributed by atoms with Crippen molar-refractivity contribution in [2.45, 2.75) is 13.0 Å². The molecule has 0 aliphatic heterocycles. The van der Waals surface area contributed by atoms with Gasteiger partial charge in [0, 0.05) is 18.9 Å². The standard InChI is InChI=1S/C8H13N3/c9-2-1-7-3-8(4-10)6-11-5-7/h3,5-6H,1-2,4,9-10H2. The quantitative estimate of drug-likeness (QED) is 0.641. The van der Waals surface area contributed by atoms with E-state index in [-0.39, 0.29) is 0 Å². The Morgan fingerprint density at radius 2 is 1.91 bits per heavy atom. The van der Waals surface area contributed by atoms with Gasteiger partial charge in [-0.2, -0.15) is 0 Å². The van der Waals surface area contributed by atoms with E-state index >= 15 is 0 Å². The van der Waals surface area contributed by atoms with Crippen molar-refractivity contribution in [3.05, 3.63) is 29.6 Å². The Labute approximate surface area is 66.4 Å². The van der Waals surface area contributed by atoms with Crippen molar-refractivity contribution in [3.8, 4) is 0 Å². The van der Waals surface area contributed by atoms with Gasteiger partial charge >= 0.3 is 0 Å². The Balaban J connectivity index is 2.74. The van der Waals surface area contributed by atoms with E-state index in [1.807, 2.05) is 12.3 Å². The molecule has 1 aromatic rings.